The van der Waals surface area contributed by atoms with E-state index in [0.717, 1.165) is 5.69 Å². The van der Waals surface area contributed by atoms with Crippen LogP contribution in [0.15, 0.2) is 152 Å². The van der Waals surface area contributed by atoms with Gasteiger partial charge in [-0.2, -0.15) is 0 Å². The van der Waals surface area contributed by atoms with Gasteiger partial charge in [-0.3, -0.25) is 0 Å². The van der Waals surface area contributed by atoms with E-state index in [-0.39, 0.29) is 0 Å². The maximum Gasteiger partial charge on any atom is 0.114 e. The minimum Gasteiger partial charge on any atom is -0.310 e. The number of thiophene rings is 2. The van der Waals surface area contributed by atoms with Gasteiger partial charge in [-0.25, -0.2) is 0 Å². The molecule has 9 aromatic rings. The third-order valence-electron chi connectivity index (χ3n) is 10.3. The lowest BCUT2D eigenvalue weighted by Crippen LogP contribution is -2.49. The van der Waals surface area contributed by atoms with Crippen molar-refractivity contribution in [1.29, 1.82) is 0 Å². The summed E-state index contributed by atoms with van der Waals surface area (Å²) in [7, 11) is -1.97. The number of anilines is 3. The molecule has 0 atom stereocenters. The van der Waals surface area contributed by atoms with E-state index in [1.54, 1.807) is 5.19 Å². The van der Waals surface area contributed by atoms with Gasteiger partial charge < -0.3 is 4.90 Å². The molecule has 0 N–H and O–H groups in total. The summed E-state index contributed by atoms with van der Waals surface area (Å²) in [6, 6.07) is 56.5. The highest BCUT2D eigenvalue weighted by Gasteiger charge is 2.39. The fourth-order valence-corrected chi connectivity index (χ4v) is 13.4. The lowest BCUT2D eigenvalue weighted by atomic mass is 10.0. The molecule has 0 saturated heterocycles. The SMILES string of the molecule is C[Si]1(C)c2cc(N(c3ccc(-c4ccccc4)cc3)c3ccc4sc5ccccc5c4c3)ccc2-c2c1ccc1c2sc2ccccc21. The molecule has 0 saturated carbocycles. The first-order chi connectivity index (χ1) is 23.5. The third kappa shape index (κ3) is 4.13. The van der Waals surface area contributed by atoms with Crippen LogP contribution in [0.5, 0.6) is 0 Å². The van der Waals surface area contributed by atoms with Gasteiger partial charge in [0.2, 0.25) is 0 Å². The fourth-order valence-electron chi connectivity index (χ4n) is 7.86. The Morgan fingerprint density at radius 3 is 1.83 bits per heavy atom. The van der Waals surface area contributed by atoms with Crippen LogP contribution in [0.25, 0.3) is 62.6 Å². The number of hydrogen-bond donors (Lipinski definition) is 0. The maximum absolute atomic E-state index is 2.53. The molecule has 7 aromatic carbocycles. The minimum absolute atomic E-state index is 1.16. The molecule has 0 fully saturated rings. The van der Waals surface area contributed by atoms with Crippen molar-refractivity contribution < 1.29 is 0 Å². The van der Waals surface area contributed by atoms with Crippen molar-refractivity contribution in [3.05, 3.63) is 152 Å². The summed E-state index contributed by atoms with van der Waals surface area (Å²) in [5.74, 6) is 0. The first kappa shape index (κ1) is 28.0. The highest BCUT2D eigenvalue weighted by molar-refractivity contribution is 7.27. The molecule has 0 bridgehead atoms. The average Bonchev–Trinajstić information content (AvgIpc) is 3.77. The van der Waals surface area contributed by atoms with Gasteiger partial charge in [0.1, 0.15) is 8.07 Å². The van der Waals surface area contributed by atoms with E-state index in [4.69, 9.17) is 0 Å². The Morgan fingerprint density at radius 1 is 0.438 bits per heavy atom. The van der Waals surface area contributed by atoms with Gasteiger partial charge in [0.05, 0.1) is 0 Å². The average molecular weight is 666 g/mol. The van der Waals surface area contributed by atoms with Crippen molar-refractivity contribution in [1.82, 2.24) is 0 Å². The predicted octanol–water partition coefficient (Wildman–Crippen LogP) is 12.4. The van der Waals surface area contributed by atoms with Crippen molar-refractivity contribution in [3.8, 4) is 22.3 Å². The van der Waals surface area contributed by atoms with Crippen molar-refractivity contribution in [3.63, 3.8) is 0 Å². The second-order valence-corrected chi connectivity index (χ2v) is 19.8. The van der Waals surface area contributed by atoms with Crippen molar-refractivity contribution >= 4 is 98.5 Å². The predicted molar refractivity (Wildman–Crippen MR) is 215 cm³/mol. The lowest BCUT2D eigenvalue weighted by Gasteiger charge is -2.28. The largest absolute Gasteiger partial charge is 0.310 e. The standard InChI is InChI=1S/C44H31NS2Si/c1-48(2)41-25-23-35-33-12-6-9-15-39(33)47-44(35)43(41)36-22-20-32(27-42(36)48)45(30-18-16-29(17-19-30)28-10-4-3-5-11-28)31-21-24-40-37(26-31)34-13-7-8-14-38(34)46-40/h3-27H,1-2H3. The normalized spacial score (nSPS) is 13.4. The summed E-state index contributed by atoms with van der Waals surface area (Å²) in [5.41, 5.74) is 8.90. The highest BCUT2D eigenvalue weighted by Crippen LogP contribution is 2.45. The number of rotatable bonds is 4. The molecule has 0 aliphatic carbocycles. The number of fused-ring (bicyclic) bond motifs is 10. The molecule has 1 aliphatic heterocycles. The molecular formula is C44H31NS2Si. The van der Waals surface area contributed by atoms with Crippen LogP contribution in [-0.2, 0) is 0 Å². The maximum atomic E-state index is 2.53. The van der Waals surface area contributed by atoms with E-state index in [2.05, 4.69) is 170 Å². The van der Waals surface area contributed by atoms with Crippen LogP contribution in [-0.4, -0.2) is 8.07 Å². The van der Waals surface area contributed by atoms with E-state index in [0.29, 0.717) is 0 Å². The Hall–Kier alpha value is -5.00. The Kier molecular flexibility index (Phi) is 6.13. The molecule has 10 rings (SSSR count). The monoisotopic (exact) mass is 665 g/mol. The fraction of sp³-hybridized carbons (Fsp3) is 0.0455. The van der Waals surface area contributed by atoms with Gasteiger partial charge >= 0.3 is 0 Å². The van der Waals surface area contributed by atoms with E-state index in [1.165, 1.54) is 79.2 Å². The molecule has 0 unspecified atom stereocenters. The smallest absolute Gasteiger partial charge is 0.114 e. The molecule has 0 amide bonds. The van der Waals surface area contributed by atoms with Gasteiger partial charge in [0.25, 0.3) is 0 Å². The molecule has 4 heteroatoms. The van der Waals surface area contributed by atoms with Crippen LogP contribution >= 0.6 is 22.7 Å². The molecule has 0 spiro atoms. The highest BCUT2D eigenvalue weighted by atomic mass is 32.1. The van der Waals surface area contributed by atoms with Crippen molar-refractivity contribution in [2.24, 2.45) is 0 Å². The van der Waals surface area contributed by atoms with Gasteiger partial charge in [-0.15, -0.1) is 22.7 Å². The van der Waals surface area contributed by atoms with E-state index < -0.39 is 8.07 Å². The summed E-state index contributed by atoms with van der Waals surface area (Å²) < 4.78 is 5.46. The quantitative estimate of drug-likeness (QED) is 0.169. The van der Waals surface area contributed by atoms with Crippen LogP contribution < -0.4 is 15.3 Å². The molecule has 228 valence electrons. The molecule has 48 heavy (non-hydrogen) atoms. The summed E-state index contributed by atoms with van der Waals surface area (Å²) in [5, 5.41) is 8.46. The first-order valence-electron chi connectivity index (χ1n) is 16.5. The first-order valence-corrected chi connectivity index (χ1v) is 21.1. The zero-order chi connectivity index (χ0) is 32.0. The van der Waals surface area contributed by atoms with Crippen LogP contribution in [0.3, 0.4) is 0 Å². The number of benzene rings is 7. The lowest BCUT2D eigenvalue weighted by molar-refractivity contribution is 1.29. The summed E-state index contributed by atoms with van der Waals surface area (Å²) in [6.07, 6.45) is 0. The van der Waals surface area contributed by atoms with Crippen LogP contribution in [0.4, 0.5) is 17.1 Å². The van der Waals surface area contributed by atoms with Crippen LogP contribution in [0.1, 0.15) is 0 Å². The van der Waals surface area contributed by atoms with E-state index in [1.807, 2.05) is 22.7 Å². The third-order valence-corrected chi connectivity index (χ3v) is 16.2. The van der Waals surface area contributed by atoms with E-state index >= 15 is 0 Å². The van der Waals surface area contributed by atoms with Crippen molar-refractivity contribution in [2.75, 3.05) is 4.90 Å². The van der Waals surface area contributed by atoms with Crippen LogP contribution in [0, 0.1) is 0 Å². The Balaban J connectivity index is 1.17. The molecule has 2 aromatic heterocycles. The molecule has 1 aliphatic rings. The second-order valence-electron chi connectivity index (χ2n) is 13.3. The van der Waals surface area contributed by atoms with Crippen LogP contribution in [0.2, 0.25) is 13.1 Å². The van der Waals surface area contributed by atoms with Gasteiger partial charge in [0.15, 0.2) is 0 Å². The second kappa shape index (κ2) is 10.5. The molecular weight excluding hydrogens is 635 g/mol. The topological polar surface area (TPSA) is 3.24 Å². The number of nitrogens with zero attached hydrogens (tertiary/aromatic N) is 1. The number of hydrogen-bond acceptors (Lipinski definition) is 3. The Morgan fingerprint density at radius 2 is 1.04 bits per heavy atom. The van der Waals surface area contributed by atoms with Gasteiger partial charge in [0, 0.05) is 57.4 Å². The minimum atomic E-state index is -1.97. The zero-order valence-electron chi connectivity index (χ0n) is 26.7. The Labute approximate surface area is 289 Å². The zero-order valence-corrected chi connectivity index (χ0v) is 29.3. The van der Waals surface area contributed by atoms with Crippen molar-refractivity contribution in [2.45, 2.75) is 13.1 Å². The van der Waals surface area contributed by atoms with Gasteiger partial charge in [-0.1, -0.05) is 110 Å². The summed E-state index contributed by atoms with van der Waals surface area (Å²) >= 11 is 3.82. The summed E-state index contributed by atoms with van der Waals surface area (Å²) in [6.45, 7) is 5.06. The molecule has 0 radical (unpaired) electrons. The molecule has 1 nitrogen and oxygen atoms in total. The Bertz CT molecular complexity index is 2700. The van der Waals surface area contributed by atoms with Gasteiger partial charge in [-0.05, 0) is 87.2 Å². The summed E-state index contributed by atoms with van der Waals surface area (Å²) in [4.78, 5) is 2.46. The van der Waals surface area contributed by atoms with E-state index in [9.17, 15) is 0 Å². The molecule has 3 heterocycles.